The molecule has 0 saturated carbocycles. The van der Waals surface area contributed by atoms with Crippen LogP contribution in [-0.4, -0.2) is 55.5 Å². The van der Waals surface area contributed by atoms with Crippen LogP contribution in [0.25, 0.3) is 0 Å². The summed E-state index contributed by atoms with van der Waals surface area (Å²) in [7, 11) is 2.10. The van der Waals surface area contributed by atoms with Crippen molar-refractivity contribution in [3.8, 4) is 0 Å². The molecular weight excluding hydrogens is 242 g/mol. The summed E-state index contributed by atoms with van der Waals surface area (Å²) < 4.78 is 0. The summed E-state index contributed by atoms with van der Waals surface area (Å²) in [6.45, 7) is 4.69. The van der Waals surface area contributed by atoms with E-state index in [-0.39, 0.29) is 5.91 Å². The second-order valence-corrected chi connectivity index (χ2v) is 4.88. The summed E-state index contributed by atoms with van der Waals surface area (Å²) in [5.41, 5.74) is 3.54. The van der Waals surface area contributed by atoms with Gasteiger partial charge in [0.25, 0.3) is 5.91 Å². The van der Waals surface area contributed by atoms with Crippen molar-refractivity contribution >= 4 is 5.91 Å². The van der Waals surface area contributed by atoms with Crippen molar-refractivity contribution in [2.45, 2.75) is 6.61 Å². The fraction of sp³-hybridized carbons (Fsp3) is 0.500. The number of hydrogen-bond donors (Lipinski definition) is 1. The summed E-state index contributed by atoms with van der Waals surface area (Å²) in [6.07, 6.45) is 0. The summed E-state index contributed by atoms with van der Waals surface area (Å²) in [4.78, 5) is 21.3. The lowest BCUT2D eigenvalue weighted by atomic mass is 10.2. The summed E-state index contributed by atoms with van der Waals surface area (Å²) in [5.74, 6) is -0.0829. The third-order valence-corrected chi connectivity index (χ3v) is 3.23. The lowest BCUT2D eigenvalue weighted by molar-refractivity contribution is -0.136. The van der Waals surface area contributed by atoms with Crippen LogP contribution in [0.2, 0.25) is 0 Å². The molecule has 0 unspecified atom stereocenters. The number of likely N-dealkylation sites (N-methyl/N-ethyl adjacent to an activating group) is 1. The molecule has 1 aromatic carbocycles. The van der Waals surface area contributed by atoms with Gasteiger partial charge in [-0.3, -0.25) is 14.5 Å². The van der Waals surface area contributed by atoms with Gasteiger partial charge in [0.2, 0.25) is 0 Å². The van der Waals surface area contributed by atoms with Crippen LogP contribution in [0, 0.1) is 0 Å². The summed E-state index contributed by atoms with van der Waals surface area (Å²) >= 11 is 0. The number of hydrogen-bond acceptors (Lipinski definition) is 4. The number of carbonyl (C=O) groups is 1. The number of benzene rings is 1. The Morgan fingerprint density at radius 1 is 1.21 bits per heavy atom. The quantitative estimate of drug-likeness (QED) is 0.785. The van der Waals surface area contributed by atoms with Gasteiger partial charge in [-0.2, -0.15) is 0 Å². The van der Waals surface area contributed by atoms with Gasteiger partial charge in [0.05, 0.1) is 13.2 Å². The van der Waals surface area contributed by atoms with E-state index in [1.165, 1.54) is 0 Å². The van der Waals surface area contributed by atoms with Crippen molar-refractivity contribution in [2.24, 2.45) is 0 Å². The zero-order chi connectivity index (χ0) is 13.5. The monoisotopic (exact) mass is 263 g/mol. The molecular formula is C14H21N3O2. The summed E-state index contributed by atoms with van der Waals surface area (Å²) in [6, 6.07) is 9.78. The topological polar surface area (TPSA) is 44.8 Å². The first kappa shape index (κ1) is 14.0. The van der Waals surface area contributed by atoms with E-state index in [0.717, 1.165) is 31.7 Å². The van der Waals surface area contributed by atoms with Crippen LogP contribution in [0.5, 0.6) is 0 Å². The first-order valence-corrected chi connectivity index (χ1v) is 6.59. The molecule has 2 rings (SSSR count). The van der Waals surface area contributed by atoms with Crippen LogP contribution in [0.15, 0.2) is 30.3 Å². The number of hydroxylamine groups is 1. The average Bonchev–Trinajstić information content (AvgIpc) is 2.43. The van der Waals surface area contributed by atoms with Gasteiger partial charge in [0.15, 0.2) is 0 Å². The lowest BCUT2D eigenvalue weighted by Crippen LogP contribution is -2.48. The molecule has 0 aromatic heterocycles. The van der Waals surface area contributed by atoms with E-state index < -0.39 is 0 Å². The minimum Gasteiger partial charge on any atom is -0.304 e. The highest BCUT2D eigenvalue weighted by Gasteiger charge is 2.16. The Hall–Kier alpha value is -1.43. The molecule has 1 fully saturated rings. The Labute approximate surface area is 114 Å². The minimum absolute atomic E-state index is 0.0829. The number of amides is 1. The molecule has 1 saturated heterocycles. The molecule has 0 spiro atoms. The highest BCUT2D eigenvalue weighted by molar-refractivity contribution is 5.76. The number of carbonyl (C=O) groups excluding carboxylic acids is 1. The molecule has 0 atom stereocenters. The van der Waals surface area contributed by atoms with Crippen LogP contribution in [0.4, 0.5) is 0 Å². The molecule has 5 heteroatoms. The van der Waals surface area contributed by atoms with Gasteiger partial charge in [0.1, 0.15) is 0 Å². The largest absolute Gasteiger partial charge is 0.304 e. The lowest BCUT2D eigenvalue weighted by Gasteiger charge is -2.31. The van der Waals surface area contributed by atoms with Crippen molar-refractivity contribution < 1.29 is 9.63 Å². The molecule has 1 aliphatic heterocycles. The maximum Gasteiger partial charge on any atom is 0.257 e. The molecule has 19 heavy (non-hydrogen) atoms. The molecule has 1 N–H and O–H groups in total. The van der Waals surface area contributed by atoms with E-state index in [1.807, 2.05) is 30.3 Å². The van der Waals surface area contributed by atoms with Crippen LogP contribution in [-0.2, 0) is 16.2 Å². The average molecular weight is 263 g/mol. The second kappa shape index (κ2) is 7.23. The zero-order valence-corrected chi connectivity index (χ0v) is 11.3. The van der Waals surface area contributed by atoms with Crippen LogP contribution < -0.4 is 5.48 Å². The first-order chi connectivity index (χ1) is 9.24. The zero-order valence-electron chi connectivity index (χ0n) is 11.3. The molecule has 1 aliphatic rings. The molecule has 0 bridgehead atoms. The Morgan fingerprint density at radius 2 is 1.89 bits per heavy atom. The maximum atomic E-state index is 11.7. The SMILES string of the molecule is CN1CCN(CC(=O)NOCc2ccccc2)CC1. The van der Waals surface area contributed by atoms with E-state index >= 15 is 0 Å². The fourth-order valence-corrected chi connectivity index (χ4v) is 2.02. The highest BCUT2D eigenvalue weighted by atomic mass is 16.6. The van der Waals surface area contributed by atoms with E-state index in [9.17, 15) is 4.79 Å². The molecule has 0 radical (unpaired) electrons. The normalized spacial score (nSPS) is 17.3. The van der Waals surface area contributed by atoms with Gasteiger partial charge < -0.3 is 4.90 Å². The van der Waals surface area contributed by atoms with Gasteiger partial charge in [-0.05, 0) is 12.6 Å². The summed E-state index contributed by atoms with van der Waals surface area (Å²) in [5, 5.41) is 0. The minimum atomic E-state index is -0.0829. The van der Waals surface area contributed by atoms with Crippen molar-refractivity contribution in [2.75, 3.05) is 39.8 Å². The molecule has 1 aromatic rings. The smallest absolute Gasteiger partial charge is 0.257 e. The highest BCUT2D eigenvalue weighted by Crippen LogP contribution is 2.00. The Bertz CT molecular complexity index is 389. The Morgan fingerprint density at radius 3 is 2.58 bits per heavy atom. The number of nitrogens with one attached hydrogen (secondary N) is 1. The van der Waals surface area contributed by atoms with Gasteiger partial charge in [-0.25, -0.2) is 5.48 Å². The molecule has 104 valence electrons. The maximum absolute atomic E-state index is 11.7. The second-order valence-electron chi connectivity index (χ2n) is 4.88. The van der Waals surface area contributed by atoms with E-state index in [2.05, 4.69) is 22.3 Å². The van der Waals surface area contributed by atoms with Crippen LogP contribution in [0.3, 0.4) is 0 Å². The van der Waals surface area contributed by atoms with E-state index in [0.29, 0.717) is 13.2 Å². The third kappa shape index (κ3) is 4.98. The van der Waals surface area contributed by atoms with Gasteiger partial charge in [0, 0.05) is 26.2 Å². The fourth-order valence-electron chi connectivity index (χ4n) is 2.02. The predicted molar refractivity (Wildman–Crippen MR) is 73.3 cm³/mol. The predicted octanol–water partition coefficient (Wildman–Crippen LogP) is 0.482. The third-order valence-electron chi connectivity index (χ3n) is 3.23. The number of nitrogens with zero attached hydrogens (tertiary/aromatic N) is 2. The van der Waals surface area contributed by atoms with E-state index in [4.69, 9.17) is 4.84 Å². The van der Waals surface area contributed by atoms with Gasteiger partial charge in [-0.15, -0.1) is 0 Å². The van der Waals surface area contributed by atoms with Crippen molar-refractivity contribution in [3.63, 3.8) is 0 Å². The van der Waals surface area contributed by atoms with Gasteiger partial charge in [-0.1, -0.05) is 30.3 Å². The standard InChI is InChI=1S/C14H21N3O2/c1-16-7-9-17(10-8-16)11-14(18)15-19-12-13-5-3-2-4-6-13/h2-6H,7-12H2,1H3,(H,15,18). The molecule has 1 amide bonds. The molecule has 0 aliphatic carbocycles. The molecule has 5 nitrogen and oxygen atoms in total. The first-order valence-electron chi connectivity index (χ1n) is 6.59. The Balaban J connectivity index is 1.62. The van der Waals surface area contributed by atoms with Crippen molar-refractivity contribution in [1.82, 2.24) is 15.3 Å². The molecule has 1 heterocycles. The van der Waals surface area contributed by atoms with Crippen molar-refractivity contribution in [1.29, 1.82) is 0 Å². The van der Waals surface area contributed by atoms with Gasteiger partial charge >= 0.3 is 0 Å². The van der Waals surface area contributed by atoms with Crippen LogP contribution >= 0.6 is 0 Å². The Kier molecular flexibility index (Phi) is 5.32. The van der Waals surface area contributed by atoms with E-state index in [1.54, 1.807) is 0 Å². The number of rotatable bonds is 5. The van der Waals surface area contributed by atoms with Crippen molar-refractivity contribution in [3.05, 3.63) is 35.9 Å². The number of piperazine rings is 1. The van der Waals surface area contributed by atoms with Crippen LogP contribution in [0.1, 0.15) is 5.56 Å².